The van der Waals surface area contributed by atoms with Gasteiger partial charge in [-0.15, -0.1) is 0 Å². The highest BCUT2D eigenvalue weighted by atomic mass is 16.5. The highest BCUT2D eigenvalue weighted by Gasteiger charge is 2.05. The lowest BCUT2D eigenvalue weighted by atomic mass is 10.1. The maximum absolute atomic E-state index is 5.71. The molecule has 0 aliphatic rings. The number of hydrogen-bond acceptors (Lipinski definition) is 3. The van der Waals surface area contributed by atoms with Crippen LogP contribution in [0.1, 0.15) is 31.9 Å². The van der Waals surface area contributed by atoms with Crippen molar-refractivity contribution >= 4 is 0 Å². The summed E-state index contributed by atoms with van der Waals surface area (Å²) in [6.45, 7) is 5.38. The van der Waals surface area contributed by atoms with E-state index >= 15 is 0 Å². The van der Waals surface area contributed by atoms with Crippen molar-refractivity contribution in [2.45, 2.75) is 26.3 Å². The van der Waals surface area contributed by atoms with Crippen LogP contribution in [0.2, 0.25) is 0 Å². The van der Waals surface area contributed by atoms with Crippen molar-refractivity contribution in [3.63, 3.8) is 0 Å². The van der Waals surface area contributed by atoms with Gasteiger partial charge in [-0.05, 0) is 37.6 Å². The minimum Gasteiger partial charge on any atom is -0.454 e. The molecule has 102 valence electrons. The van der Waals surface area contributed by atoms with E-state index in [9.17, 15) is 0 Å². The average molecular weight is 259 g/mol. The van der Waals surface area contributed by atoms with Crippen LogP contribution in [0.5, 0.6) is 11.5 Å². The van der Waals surface area contributed by atoms with Crippen molar-refractivity contribution in [2.24, 2.45) is 7.05 Å². The van der Waals surface area contributed by atoms with E-state index in [0.29, 0.717) is 6.04 Å². The Morgan fingerprint density at radius 3 is 2.58 bits per heavy atom. The van der Waals surface area contributed by atoms with Crippen LogP contribution >= 0.6 is 0 Å². The Kier molecular flexibility index (Phi) is 4.58. The standard InChI is InChI=1S/C15H21N3O/c1-4-9-16-12(2)13-5-7-14(8-6-13)19-15-10-17-18(3)11-15/h5-8,10-12,16H,4,9H2,1-3H3. The van der Waals surface area contributed by atoms with Crippen molar-refractivity contribution < 1.29 is 4.74 Å². The zero-order valence-corrected chi connectivity index (χ0v) is 11.8. The van der Waals surface area contributed by atoms with Gasteiger partial charge in [-0.1, -0.05) is 19.1 Å². The monoisotopic (exact) mass is 259 g/mol. The minimum absolute atomic E-state index is 0.368. The molecule has 1 unspecified atom stereocenters. The lowest BCUT2D eigenvalue weighted by Crippen LogP contribution is -2.19. The molecule has 1 atom stereocenters. The Balaban J connectivity index is 1.98. The fourth-order valence-corrected chi connectivity index (χ4v) is 1.89. The first kappa shape index (κ1) is 13.6. The molecule has 0 saturated heterocycles. The van der Waals surface area contributed by atoms with Crippen LogP contribution in [0.4, 0.5) is 0 Å². The molecule has 0 bridgehead atoms. The maximum Gasteiger partial charge on any atom is 0.165 e. The summed E-state index contributed by atoms with van der Waals surface area (Å²) in [7, 11) is 1.87. The molecular formula is C15H21N3O. The lowest BCUT2D eigenvalue weighted by molar-refractivity contribution is 0.481. The molecule has 0 fully saturated rings. The first-order valence-corrected chi connectivity index (χ1v) is 6.69. The van der Waals surface area contributed by atoms with Crippen LogP contribution in [0.25, 0.3) is 0 Å². The number of hydrogen-bond donors (Lipinski definition) is 1. The molecule has 1 N–H and O–H groups in total. The van der Waals surface area contributed by atoms with Gasteiger partial charge in [0.2, 0.25) is 0 Å². The van der Waals surface area contributed by atoms with Crippen molar-refractivity contribution in [3.05, 3.63) is 42.2 Å². The molecular weight excluding hydrogens is 238 g/mol. The molecule has 0 amide bonds. The van der Waals surface area contributed by atoms with E-state index in [0.717, 1.165) is 24.5 Å². The van der Waals surface area contributed by atoms with Crippen LogP contribution < -0.4 is 10.1 Å². The van der Waals surface area contributed by atoms with Gasteiger partial charge in [-0.3, -0.25) is 4.68 Å². The van der Waals surface area contributed by atoms with Crippen molar-refractivity contribution in [1.29, 1.82) is 0 Å². The number of nitrogens with zero attached hydrogens (tertiary/aromatic N) is 2. The zero-order valence-electron chi connectivity index (χ0n) is 11.8. The second-order valence-corrected chi connectivity index (χ2v) is 4.70. The van der Waals surface area contributed by atoms with E-state index < -0.39 is 0 Å². The van der Waals surface area contributed by atoms with Gasteiger partial charge in [0, 0.05) is 13.1 Å². The van der Waals surface area contributed by atoms with Gasteiger partial charge < -0.3 is 10.1 Å². The third kappa shape index (κ3) is 3.83. The minimum atomic E-state index is 0.368. The second kappa shape index (κ2) is 6.38. The summed E-state index contributed by atoms with van der Waals surface area (Å²) in [5, 5.41) is 7.54. The quantitative estimate of drug-likeness (QED) is 0.865. The highest BCUT2D eigenvalue weighted by molar-refractivity contribution is 5.32. The summed E-state index contributed by atoms with van der Waals surface area (Å²) in [6.07, 6.45) is 4.70. The number of nitrogens with one attached hydrogen (secondary N) is 1. The van der Waals surface area contributed by atoms with Gasteiger partial charge in [0.15, 0.2) is 5.75 Å². The molecule has 2 aromatic rings. The van der Waals surface area contributed by atoms with Gasteiger partial charge in [0.05, 0.1) is 12.4 Å². The summed E-state index contributed by atoms with van der Waals surface area (Å²) >= 11 is 0. The highest BCUT2D eigenvalue weighted by Crippen LogP contribution is 2.22. The molecule has 19 heavy (non-hydrogen) atoms. The van der Waals surface area contributed by atoms with Gasteiger partial charge in [-0.2, -0.15) is 5.10 Å². The van der Waals surface area contributed by atoms with E-state index in [1.54, 1.807) is 10.9 Å². The molecule has 0 aliphatic heterocycles. The summed E-state index contributed by atoms with van der Waals surface area (Å²) in [5.74, 6) is 1.59. The van der Waals surface area contributed by atoms with Gasteiger partial charge >= 0.3 is 0 Å². The van der Waals surface area contributed by atoms with Crippen molar-refractivity contribution in [2.75, 3.05) is 6.54 Å². The predicted octanol–water partition coefficient (Wildman–Crippen LogP) is 3.27. The molecule has 4 nitrogen and oxygen atoms in total. The smallest absolute Gasteiger partial charge is 0.165 e. The third-order valence-electron chi connectivity index (χ3n) is 3.00. The van der Waals surface area contributed by atoms with Gasteiger partial charge in [0.1, 0.15) is 5.75 Å². The first-order valence-electron chi connectivity index (χ1n) is 6.69. The Labute approximate surface area is 114 Å². The molecule has 2 rings (SSSR count). The third-order valence-corrected chi connectivity index (χ3v) is 3.00. The normalized spacial score (nSPS) is 12.4. The van der Waals surface area contributed by atoms with E-state index in [-0.39, 0.29) is 0 Å². The SMILES string of the molecule is CCCNC(C)c1ccc(Oc2cnn(C)c2)cc1. The first-order chi connectivity index (χ1) is 9.19. The Morgan fingerprint density at radius 2 is 2.00 bits per heavy atom. The number of aryl methyl sites for hydroxylation is 1. The van der Waals surface area contributed by atoms with E-state index in [1.165, 1.54) is 5.56 Å². The summed E-state index contributed by atoms with van der Waals surface area (Å²) < 4.78 is 7.43. The Morgan fingerprint density at radius 1 is 1.26 bits per heavy atom. The largest absolute Gasteiger partial charge is 0.454 e. The van der Waals surface area contributed by atoms with E-state index in [1.807, 2.05) is 25.4 Å². The molecule has 1 aromatic carbocycles. The maximum atomic E-state index is 5.71. The molecule has 1 aromatic heterocycles. The summed E-state index contributed by atoms with van der Waals surface area (Å²) in [6, 6.07) is 8.55. The number of aromatic nitrogens is 2. The molecule has 4 heteroatoms. The molecule has 0 spiro atoms. The predicted molar refractivity (Wildman–Crippen MR) is 76.4 cm³/mol. The molecule has 0 saturated carbocycles. The summed E-state index contributed by atoms with van der Waals surface area (Å²) in [5.41, 5.74) is 1.27. The molecule has 0 aliphatic carbocycles. The lowest BCUT2D eigenvalue weighted by Gasteiger charge is -2.14. The average Bonchev–Trinajstić information content (AvgIpc) is 2.82. The van der Waals surface area contributed by atoms with Crippen LogP contribution in [0.3, 0.4) is 0 Å². The Bertz CT molecular complexity index is 504. The van der Waals surface area contributed by atoms with Crippen molar-refractivity contribution in [1.82, 2.24) is 15.1 Å². The van der Waals surface area contributed by atoms with Crippen LogP contribution in [0.15, 0.2) is 36.7 Å². The van der Waals surface area contributed by atoms with Crippen molar-refractivity contribution in [3.8, 4) is 11.5 Å². The van der Waals surface area contributed by atoms with Crippen LogP contribution in [-0.2, 0) is 7.05 Å². The fourth-order valence-electron chi connectivity index (χ4n) is 1.89. The van der Waals surface area contributed by atoms with Gasteiger partial charge in [0.25, 0.3) is 0 Å². The molecule has 0 radical (unpaired) electrons. The fraction of sp³-hybridized carbons (Fsp3) is 0.400. The zero-order chi connectivity index (χ0) is 13.7. The van der Waals surface area contributed by atoms with Crippen LogP contribution in [0, 0.1) is 0 Å². The summed E-state index contributed by atoms with van der Waals surface area (Å²) in [4.78, 5) is 0. The number of rotatable bonds is 6. The number of ether oxygens (including phenoxy) is 1. The van der Waals surface area contributed by atoms with Crippen LogP contribution in [-0.4, -0.2) is 16.3 Å². The molecule has 1 heterocycles. The topological polar surface area (TPSA) is 39.1 Å². The van der Waals surface area contributed by atoms with E-state index in [2.05, 4.69) is 36.4 Å². The Hall–Kier alpha value is -1.81. The number of benzene rings is 1. The van der Waals surface area contributed by atoms with Gasteiger partial charge in [-0.25, -0.2) is 0 Å². The second-order valence-electron chi connectivity index (χ2n) is 4.70. The van der Waals surface area contributed by atoms with E-state index in [4.69, 9.17) is 4.74 Å².